The van der Waals surface area contributed by atoms with Gasteiger partial charge < -0.3 is 25.3 Å². The molecule has 1 aromatic heterocycles. The average molecular weight is 428 g/mol. The van der Waals surface area contributed by atoms with Gasteiger partial charge in [-0.25, -0.2) is 4.98 Å². The molecule has 0 bridgehead atoms. The Morgan fingerprint density at radius 1 is 1.13 bits per heavy atom. The minimum atomic E-state index is -0.212. The molecule has 0 aliphatic carbocycles. The first-order chi connectivity index (χ1) is 14.5. The van der Waals surface area contributed by atoms with E-state index in [0.29, 0.717) is 33.7 Å². The van der Waals surface area contributed by atoms with Gasteiger partial charge in [-0.3, -0.25) is 4.79 Å². The van der Waals surface area contributed by atoms with Gasteiger partial charge in [-0.1, -0.05) is 23.5 Å². The first-order valence-electron chi connectivity index (χ1n) is 9.49. The number of aromatic nitrogens is 1. The quantitative estimate of drug-likeness (QED) is 0.484. The fourth-order valence-corrected chi connectivity index (χ4v) is 3.87. The van der Waals surface area contributed by atoms with Crippen LogP contribution in [0.5, 0.6) is 17.2 Å². The van der Waals surface area contributed by atoms with Crippen LogP contribution in [0.15, 0.2) is 42.5 Å². The predicted molar refractivity (Wildman–Crippen MR) is 119 cm³/mol. The summed E-state index contributed by atoms with van der Waals surface area (Å²) in [6.07, 6.45) is 0. The molecule has 0 fully saturated rings. The largest absolute Gasteiger partial charge is 0.497 e. The first-order valence-corrected chi connectivity index (χ1v) is 10.3. The SMILES string of the molecule is CCOc1ccc(C(=O)c2sc(N[C@H](C)c3ccc(OC)cc3)nc2N)cc1OC. The molecular formula is C22H25N3O4S. The Morgan fingerprint density at radius 3 is 2.50 bits per heavy atom. The number of thiazole rings is 1. The van der Waals surface area contributed by atoms with E-state index in [1.807, 2.05) is 38.1 Å². The smallest absolute Gasteiger partial charge is 0.206 e. The summed E-state index contributed by atoms with van der Waals surface area (Å²) in [5.41, 5.74) is 7.57. The van der Waals surface area contributed by atoms with Crippen molar-refractivity contribution in [3.8, 4) is 17.2 Å². The van der Waals surface area contributed by atoms with E-state index < -0.39 is 0 Å². The van der Waals surface area contributed by atoms with Crippen molar-refractivity contribution in [1.29, 1.82) is 0 Å². The number of nitrogens with two attached hydrogens (primary N) is 1. The Balaban J connectivity index is 1.78. The summed E-state index contributed by atoms with van der Waals surface area (Å²) < 4.78 is 16.0. The summed E-state index contributed by atoms with van der Waals surface area (Å²) in [7, 11) is 3.17. The first kappa shape index (κ1) is 21.4. The lowest BCUT2D eigenvalue weighted by atomic mass is 10.1. The summed E-state index contributed by atoms with van der Waals surface area (Å²) in [5, 5.41) is 3.88. The number of anilines is 2. The van der Waals surface area contributed by atoms with Crippen LogP contribution in [0.1, 0.15) is 40.7 Å². The number of methoxy groups -OCH3 is 2. The molecule has 0 amide bonds. The van der Waals surface area contributed by atoms with Crippen LogP contribution < -0.4 is 25.3 Å². The highest BCUT2D eigenvalue weighted by Gasteiger charge is 2.20. The normalized spacial score (nSPS) is 11.6. The van der Waals surface area contributed by atoms with Gasteiger partial charge in [-0.05, 0) is 49.7 Å². The summed E-state index contributed by atoms with van der Waals surface area (Å²) in [6.45, 7) is 4.41. The van der Waals surface area contributed by atoms with Crippen molar-refractivity contribution in [2.45, 2.75) is 19.9 Å². The van der Waals surface area contributed by atoms with Crippen molar-refractivity contribution in [2.75, 3.05) is 31.9 Å². The van der Waals surface area contributed by atoms with Gasteiger partial charge in [0.1, 0.15) is 16.4 Å². The molecule has 0 radical (unpaired) electrons. The monoisotopic (exact) mass is 427 g/mol. The third kappa shape index (κ3) is 4.65. The fourth-order valence-electron chi connectivity index (χ4n) is 2.93. The number of benzene rings is 2. The predicted octanol–water partition coefficient (Wildman–Crippen LogP) is 4.55. The van der Waals surface area contributed by atoms with Crippen LogP contribution >= 0.6 is 11.3 Å². The number of ketones is 1. The molecule has 158 valence electrons. The number of nitrogens with one attached hydrogen (secondary N) is 1. The minimum Gasteiger partial charge on any atom is -0.497 e. The van der Waals surface area contributed by atoms with Gasteiger partial charge >= 0.3 is 0 Å². The van der Waals surface area contributed by atoms with Crippen LogP contribution in [0.4, 0.5) is 10.9 Å². The highest BCUT2D eigenvalue weighted by molar-refractivity contribution is 7.18. The third-order valence-electron chi connectivity index (χ3n) is 4.54. The second kappa shape index (κ2) is 9.49. The average Bonchev–Trinajstić information content (AvgIpc) is 3.13. The number of carbonyl (C=O) groups excluding carboxylic acids is 1. The number of rotatable bonds is 9. The van der Waals surface area contributed by atoms with E-state index in [-0.39, 0.29) is 17.6 Å². The van der Waals surface area contributed by atoms with Crippen LogP contribution in [-0.2, 0) is 0 Å². The molecule has 3 N–H and O–H groups in total. The third-order valence-corrected chi connectivity index (χ3v) is 5.54. The molecule has 1 atom stereocenters. The van der Waals surface area contributed by atoms with Gasteiger partial charge in [0.25, 0.3) is 0 Å². The van der Waals surface area contributed by atoms with Crippen LogP contribution in [0, 0.1) is 0 Å². The maximum absolute atomic E-state index is 13.0. The van der Waals surface area contributed by atoms with E-state index in [1.54, 1.807) is 25.3 Å². The van der Waals surface area contributed by atoms with Gasteiger partial charge in [-0.15, -0.1) is 0 Å². The van der Waals surface area contributed by atoms with Crippen molar-refractivity contribution in [1.82, 2.24) is 4.98 Å². The van der Waals surface area contributed by atoms with Crippen LogP contribution in [0.3, 0.4) is 0 Å². The summed E-state index contributed by atoms with van der Waals surface area (Å²) >= 11 is 1.23. The van der Waals surface area contributed by atoms with Gasteiger partial charge in [0.15, 0.2) is 16.6 Å². The standard InChI is InChI=1S/C22H25N3O4S/c1-5-29-17-11-8-15(12-18(17)28-4)19(26)20-21(23)25-22(30-20)24-13(2)14-6-9-16(27-3)10-7-14/h6-13H,5,23H2,1-4H3,(H,24,25)/t13-/m1/s1. The van der Waals surface area contributed by atoms with Crippen molar-refractivity contribution in [3.63, 3.8) is 0 Å². The van der Waals surface area contributed by atoms with E-state index in [2.05, 4.69) is 10.3 Å². The van der Waals surface area contributed by atoms with E-state index in [9.17, 15) is 4.79 Å². The number of nitrogens with zero attached hydrogens (tertiary/aromatic N) is 1. The molecule has 1 heterocycles. The lowest BCUT2D eigenvalue weighted by Gasteiger charge is -2.13. The zero-order valence-corrected chi connectivity index (χ0v) is 18.2. The fraction of sp³-hybridized carbons (Fsp3) is 0.273. The molecule has 0 saturated carbocycles. The molecular weight excluding hydrogens is 402 g/mol. The van der Waals surface area contributed by atoms with E-state index in [0.717, 1.165) is 11.3 Å². The molecule has 30 heavy (non-hydrogen) atoms. The van der Waals surface area contributed by atoms with Crippen molar-refractivity contribution >= 4 is 28.1 Å². The lowest BCUT2D eigenvalue weighted by molar-refractivity contribution is 0.104. The maximum atomic E-state index is 13.0. The van der Waals surface area contributed by atoms with Gasteiger partial charge in [0.05, 0.1) is 26.9 Å². The summed E-state index contributed by atoms with van der Waals surface area (Å²) in [6, 6.07) is 12.8. The zero-order chi connectivity index (χ0) is 21.7. The number of hydrogen-bond acceptors (Lipinski definition) is 8. The Morgan fingerprint density at radius 2 is 1.87 bits per heavy atom. The van der Waals surface area contributed by atoms with Gasteiger partial charge in [0.2, 0.25) is 5.78 Å². The van der Waals surface area contributed by atoms with Crippen LogP contribution in [-0.4, -0.2) is 31.6 Å². The van der Waals surface area contributed by atoms with Crippen LogP contribution in [0.2, 0.25) is 0 Å². The summed E-state index contributed by atoms with van der Waals surface area (Å²) in [4.78, 5) is 17.7. The zero-order valence-electron chi connectivity index (χ0n) is 17.4. The van der Waals surface area contributed by atoms with Crippen molar-refractivity contribution < 1.29 is 19.0 Å². The van der Waals surface area contributed by atoms with Crippen LogP contribution in [0.25, 0.3) is 0 Å². The summed E-state index contributed by atoms with van der Waals surface area (Å²) in [5.74, 6) is 1.86. The second-order valence-corrected chi connectivity index (χ2v) is 7.50. The number of ether oxygens (including phenoxy) is 3. The molecule has 0 aliphatic heterocycles. The highest BCUT2D eigenvalue weighted by Crippen LogP contribution is 2.33. The Hall–Kier alpha value is -3.26. The number of hydrogen-bond donors (Lipinski definition) is 2. The Bertz CT molecular complexity index is 1020. The highest BCUT2D eigenvalue weighted by atomic mass is 32.1. The topological polar surface area (TPSA) is 95.7 Å². The second-order valence-electron chi connectivity index (χ2n) is 6.50. The van der Waals surface area contributed by atoms with Gasteiger partial charge in [-0.2, -0.15) is 0 Å². The van der Waals surface area contributed by atoms with E-state index in [4.69, 9.17) is 19.9 Å². The Labute approximate surface area is 179 Å². The molecule has 0 saturated heterocycles. The Kier molecular flexibility index (Phi) is 6.79. The van der Waals surface area contributed by atoms with E-state index >= 15 is 0 Å². The molecule has 8 heteroatoms. The molecule has 0 spiro atoms. The van der Waals surface area contributed by atoms with Crippen molar-refractivity contribution in [3.05, 3.63) is 58.5 Å². The molecule has 7 nitrogen and oxygen atoms in total. The maximum Gasteiger partial charge on any atom is 0.206 e. The lowest BCUT2D eigenvalue weighted by Crippen LogP contribution is -2.06. The molecule has 3 rings (SSSR count). The molecule has 3 aromatic rings. The van der Waals surface area contributed by atoms with E-state index in [1.165, 1.54) is 18.4 Å². The minimum absolute atomic E-state index is 0.0185. The van der Waals surface area contributed by atoms with Crippen molar-refractivity contribution in [2.24, 2.45) is 0 Å². The van der Waals surface area contributed by atoms with Gasteiger partial charge in [0, 0.05) is 5.56 Å². The number of carbonyl (C=O) groups is 1. The molecule has 0 unspecified atom stereocenters. The molecule has 0 aliphatic rings. The number of nitrogen functional groups attached to an aromatic ring is 1. The molecule has 2 aromatic carbocycles.